The number of carbonyl (C=O) groups excluding carboxylic acids is 1. The van der Waals surface area contributed by atoms with Crippen molar-refractivity contribution >= 4 is 23.2 Å². The minimum Gasteiger partial charge on any atom is -0.351 e. The second-order valence-electron chi connectivity index (χ2n) is 4.30. The van der Waals surface area contributed by atoms with Gasteiger partial charge in [0.05, 0.1) is 10.3 Å². The average Bonchev–Trinajstić information content (AvgIpc) is 2.36. The molecule has 0 spiro atoms. The molecule has 1 unspecified atom stereocenters. The highest BCUT2D eigenvalue weighted by atomic mass is 35.5. The first kappa shape index (κ1) is 15.4. The lowest BCUT2D eigenvalue weighted by Gasteiger charge is -2.11. The quantitative estimate of drug-likeness (QED) is 0.496. The van der Waals surface area contributed by atoms with Gasteiger partial charge in [-0.15, -0.1) is 11.6 Å². The number of nitro benzene ring substituents is 1. The van der Waals surface area contributed by atoms with E-state index < -0.39 is 4.92 Å². The van der Waals surface area contributed by atoms with Crippen LogP contribution in [-0.4, -0.2) is 22.8 Å². The molecule has 0 saturated carbocycles. The van der Waals surface area contributed by atoms with E-state index in [1.807, 2.05) is 6.92 Å². The van der Waals surface area contributed by atoms with Crippen LogP contribution in [0.1, 0.15) is 35.7 Å². The van der Waals surface area contributed by atoms with Gasteiger partial charge in [0.15, 0.2) is 0 Å². The Morgan fingerprint density at radius 1 is 1.53 bits per heavy atom. The summed E-state index contributed by atoms with van der Waals surface area (Å²) in [5.74, 6) is -0.331. The van der Waals surface area contributed by atoms with Crippen molar-refractivity contribution in [3.63, 3.8) is 0 Å². The molecular formula is C13H17ClN2O3. The summed E-state index contributed by atoms with van der Waals surface area (Å²) in [5.41, 5.74) is 0.629. The molecule has 19 heavy (non-hydrogen) atoms. The summed E-state index contributed by atoms with van der Waals surface area (Å²) in [7, 11) is 0. The highest BCUT2D eigenvalue weighted by Gasteiger charge is 2.18. The van der Waals surface area contributed by atoms with Crippen molar-refractivity contribution < 1.29 is 9.72 Å². The third-order valence-electron chi connectivity index (χ3n) is 2.83. The van der Waals surface area contributed by atoms with E-state index in [4.69, 9.17) is 11.6 Å². The molecule has 5 nitrogen and oxygen atoms in total. The number of nitrogens with one attached hydrogen (secondary N) is 1. The molecule has 1 amide bonds. The van der Waals surface area contributed by atoms with Crippen LogP contribution in [0.3, 0.4) is 0 Å². The topological polar surface area (TPSA) is 72.2 Å². The highest BCUT2D eigenvalue weighted by Crippen LogP contribution is 2.20. The van der Waals surface area contributed by atoms with Gasteiger partial charge in [-0.1, -0.05) is 19.4 Å². The van der Waals surface area contributed by atoms with Crippen molar-refractivity contribution in [3.8, 4) is 0 Å². The van der Waals surface area contributed by atoms with Gasteiger partial charge in [-0.3, -0.25) is 14.9 Å². The number of hydrogen-bond donors (Lipinski definition) is 1. The van der Waals surface area contributed by atoms with E-state index in [1.54, 1.807) is 13.0 Å². The lowest BCUT2D eigenvalue weighted by Crippen LogP contribution is -2.30. The van der Waals surface area contributed by atoms with Crippen molar-refractivity contribution in [3.05, 3.63) is 39.4 Å². The molecule has 1 N–H and O–H groups in total. The summed E-state index contributed by atoms with van der Waals surface area (Å²) in [6.07, 6.45) is 1.76. The maximum atomic E-state index is 12.0. The molecule has 0 aliphatic carbocycles. The largest absolute Gasteiger partial charge is 0.351 e. The SMILES string of the molecule is CCCC(Cl)CNC(=O)c1cccc([N+](=O)[O-])c1C. The molecule has 104 valence electrons. The van der Waals surface area contributed by atoms with E-state index in [0.29, 0.717) is 17.7 Å². The zero-order valence-corrected chi connectivity index (χ0v) is 11.7. The number of amides is 1. The molecule has 0 aliphatic heterocycles. The van der Waals surface area contributed by atoms with Crippen LogP contribution in [0.2, 0.25) is 0 Å². The number of carbonyl (C=O) groups is 1. The van der Waals surface area contributed by atoms with Crippen molar-refractivity contribution in [1.82, 2.24) is 5.32 Å². The minimum absolute atomic E-state index is 0.0522. The van der Waals surface area contributed by atoms with Crippen LogP contribution in [0.25, 0.3) is 0 Å². The summed E-state index contributed by atoms with van der Waals surface area (Å²) >= 11 is 6.01. The van der Waals surface area contributed by atoms with Crippen LogP contribution >= 0.6 is 11.6 Å². The van der Waals surface area contributed by atoms with Gasteiger partial charge in [0, 0.05) is 23.7 Å². The average molecular weight is 285 g/mol. The molecule has 0 heterocycles. The Morgan fingerprint density at radius 3 is 2.79 bits per heavy atom. The summed E-state index contributed by atoms with van der Waals surface area (Å²) in [4.78, 5) is 22.3. The first-order chi connectivity index (χ1) is 8.97. The number of benzene rings is 1. The van der Waals surface area contributed by atoms with Crippen molar-refractivity contribution in [1.29, 1.82) is 0 Å². The van der Waals surface area contributed by atoms with Gasteiger partial charge < -0.3 is 5.32 Å². The monoisotopic (exact) mass is 284 g/mol. The fraction of sp³-hybridized carbons (Fsp3) is 0.462. The highest BCUT2D eigenvalue weighted by molar-refractivity contribution is 6.20. The molecule has 0 aliphatic rings. The normalized spacial score (nSPS) is 11.9. The van der Waals surface area contributed by atoms with E-state index in [1.165, 1.54) is 12.1 Å². The number of halogens is 1. The third-order valence-corrected chi connectivity index (χ3v) is 3.21. The van der Waals surface area contributed by atoms with Crippen LogP contribution < -0.4 is 5.32 Å². The maximum absolute atomic E-state index is 12.0. The minimum atomic E-state index is -0.493. The predicted octanol–water partition coefficient (Wildman–Crippen LogP) is 3.04. The van der Waals surface area contributed by atoms with Crippen LogP contribution in [0.15, 0.2) is 18.2 Å². The summed E-state index contributed by atoms with van der Waals surface area (Å²) < 4.78 is 0. The Bertz CT molecular complexity index is 477. The van der Waals surface area contributed by atoms with Gasteiger partial charge in [0.1, 0.15) is 0 Å². The lowest BCUT2D eigenvalue weighted by molar-refractivity contribution is -0.385. The second-order valence-corrected chi connectivity index (χ2v) is 4.92. The first-order valence-corrected chi connectivity index (χ1v) is 6.57. The fourth-order valence-electron chi connectivity index (χ4n) is 1.78. The molecule has 0 radical (unpaired) electrons. The Kier molecular flexibility index (Phi) is 5.76. The molecular weight excluding hydrogens is 268 g/mol. The van der Waals surface area contributed by atoms with Crippen LogP contribution in [-0.2, 0) is 0 Å². The number of hydrogen-bond acceptors (Lipinski definition) is 3. The Balaban J connectivity index is 2.78. The van der Waals surface area contributed by atoms with Crippen molar-refractivity contribution in [2.24, 2.45) is 0 Å². The third kappa shape index (κ3) is 4.21. The number of nitro groups is 1. The Morgan fingerprint density at radius 2 is 2.21 bits per heavy atom. The molecule has 1 aromatic rings. The van der Waals surface area contributed by atoms with E-state index >= 15 is 0 Å². The van der Waals surface area contributed by atoms with E-state index in [2.05, 4.69) is 5.32 Å². The predicted molar refractivity (Wildman–Crippen MR) is 74.7 cm³/mol. The van der Waals surface area contributed by atoms with Gasteiger partial charge in [-0.25, -0.2) is 0 Å². The van der Waals surface area contributed by atoms with Gasteiger partial charge in [0.2, 0.25) is 0 Å². The second kappa shape index (κ2) is 7.09. The Labute approximate surface area is 117 Å². The zero-order chi connectivity index (χ0) is 14.4. The van der Waals surface area contributed by atoms with Crippen LogP contribution in [0.5, 0.6) is 0 Å². The molecule has 0 aromatic heterocycles. The molecule has 6 heteroatoms. The molecule has 0 bridgehead atoms. The molecule has 0 saturated heterocycles. The number of alkyl halides is 1. The Hall–Kier alpha value is -1.62. The lowest BCUT2D eigenvalue weighted by atomic mass is 10.1. The van der Waals surface area contributed by atoms with Crippen molar-refractivity contribution in [2.75, 3.05) is 6.54 Å². The summed E-state index contributed by atoms with van der Waals surface area (Å²) in [6.45, 7) is 3.94. The molecule has 1 aromatic carbocycles. The standard InChI is InChI=1S/C13H17ClN2O3/c1-3-5-10(14)8-15-13(17)11-6-4-7-12(9(11)2)16(18)19/h4,6-7,10H,3,5,8H2,1-2H3,(H,15,17). The molecule has 0 fully saturated rings. The smallest absolute Gasteiger partial charge is 0.273 e. The summed E-state index contributed by atoms with van der Waals surface area (Å²) in [5, 5.41) is 13.4. The zero-order valence-electron chi connectivity index (χ0n) is 11.0. The molecule has 1 rings (SSSR count). The number of rotatable bonds is 6. The maximum Gasteiger partial charge on any atom is 0.273 e. The fourth-order valence-corrected chi connectivity index (χ4v) is 2.08. The summed E-state index contributed by atoms with van der Waals surface area (Å²) in [6, 6.07) is 4.46. The van der Waals surface area contributed by atoms with Crippen molar-refractivity contribution in [2.45, 2.75) is 32.1 Å². The van der Waals surface area contributed by atoms with Gasteiger partial charge >= 0.3 is 0 Å². The van der Waals surface area contributed by atoms with Gasteiger partial charge in [-0.05, 0) is 19.4 Å². The first-order valence-electron chi connectivity index (χ1n) is 6.13. The number of nitrogens with zero attached hydrogens (tertiary/aromatic N) is 1. The van der Waals surface area contributed by atoms with Crippen LogP contribution in [0, 0.1) is 17.0 Å². The molecule has 1 atom stereocenters. The van der Waals surface area contributed by atoms with Gasteiger partial charge in [-0.2, -0.15) is 0 Å². The van der Waals surface area contributed by atoms with Crippen LogP contribution in [0.4, 0.5) is 5.69 Å². The van der Waals surface area contributed by atoms with E-state index in [9.17, 15) is 14.9 Å². The van der Waals surface area contributed by atoms with Gasteiger partial charge in [0.25, 0.3) is 11.6 Å². The van der Waals surface area contributed by atoms with E-state index in [0.717, 1.165) is 12.8 Å². The van der Waals surface area contributed by atoms with E-state index in [-0.39, 0.29) is 17.0 Å².